The Kier molecular flexibility index (Phi) is 6.50. The van der Waals surface area contributed by atoms with E-state index in [1.54, 1.807) is 31.1 Å². The molecule has 0 unspecified atom stereocenters. The number of rotatable bonds is 5. The molecule has 3 aromatic heterocycles. The van der Waals surface area contributed by atoms with E-state index in [9.17, 15) is 18.4 Å². The van der Waals surface area contributed by atoms with Crippen LogP contribution in [0.15, 0.2) is 53.6 Å². The minimum atomic E-state index is -0.727. The molecule has 0 radical (unpaired) electrons. The first kappa shape index (κ1) is 25.9. The number of benzene rings is 1. The van der Waals surface area contributed by atoms with Crippen LogP contribution in [0.5, 0.6) is 0 Å². The molecule has 6 rings (SSSR count). The average Bonchev–Trinajstić information content (AvgIpc) is 3.54. The highest BCUT2D eigenvalue weighted by Crippen LogP contribution is 2.30. The summed E-state index contributed by atoms with van der Waals surface area (Å²) >= 11 is 0. The molecule has 1 amide bonds. The number of carbonyl (C=O) groups is 1. The smallest absolute Gasteiger partial charge is 0.260 e. The van der Waals surface area contributed by atoms with Crippen molar-refractivity contribution in [2.75, 3.05) is 39.0 Å². The van der Waals surface area contributed by atoms with Gasteiger partial charge in [-0.15, -0.1) is 0 Å². The Hall–Kier alpha value is -4.31. The molecule has 5 heterocycles. The quantitative estimate of drug-likeness (QED) is 0.412. The van der Waals surface area contributed by atoms with Gasteiger partial charge in [0, 0.05) is 93.2 Å². The molecule has 0 saturated carbocycles. The largest absolute Gasteiger partial charge is 0.384 e. The summed E-state index contributed by atoms with van der Waals surface area (Å²) in [6.45, 7) is 2.51. The van der Waals surface area contributed by atoms with Gasteiger partial charge in [0.05, 0.1) is 5.69 Å². The number of anilines is 1. The van der Waals surface area contributed by atoms with E-state index in [1.807, 2.05) is 29.8 Å². The van der Waals surface area contributed by atoms with Gasteiger partial charge >= 0.3 is 0 Å². The molecule has 0 atom stereocenters. The lowest BCUT2D eigenvalue weighted by Gasteiger charge is -2.27. The van der Waals surface area contributed by atoms with Crippen molar-refractivity contribution < 1.29 is 13.6 Å². The third-order valence-corrected chi connectivity index (χ3v) is 7.84. The van der Waals surface area contributed by atoms with Crippen LogP contribution >= 0.6 is 0 Å². The number of aryl methyl sites for hydroxylation is 1. The maximum atomic E-state index is 14.9. The first-order valence-electron chi connectivity index (χ1n) is 13.3. The van der Waals surface area contributed by atoms with Gasteiger partial charge in [0.25, 0.3) is 11.5 Å². The lowest BCUT2D eigenvalue weighted by atomic mass is 9.96. The third-order valence-electron chi connectivity index (χ3n) is 7.84. The molecule has 0 aliphatic carbocycles. The molecule has 1 aromatic carbocycles. The Bertz CT molecular complexity index is 1730. The Morgan fingerprint density at radius 3 is 2.60 bits per heavy atom. The molecular weight excluding hydrogens is 514 g/mol. The molecule has 2 aliphatic heterocycles. The minimum absolute atomic E-state index is 0.00985. The molecule has 1 N–H and O–H groups in total. The van der Waals surface area contributed by atoms with Gasteiger partial charge in [-0.2, -0.15) is 0 Å². The van der Waals surface area contributed by atoms with Gasteiger partial charge in [0.1, 0.15) is 17.3 Å². The van der Waals surface area contributed by atoms with Crippen LogP contribution in [0.1, 0.15) is 33.6 Å². The topological polar surface area (TPSA) is 75.4 Å². The van der Waals surface area contributed by atoms with Crippen LogP contribution in [0.4, 0.5) is 14.5 Å². The van der Waals surface area contributed by atoms with Crippen LogP contribution in [0.25, 0.3) is 22.3 Å². The zero-order valence-electron chi connectivity index (χ0n) is 22.7. The molecule has 206 valence electrons. The van der Waals surface area contributed by atoms with Crippen LogP contribution in [0, 0.1) is 11.6 Å². The molecule has 0 spiro atoms. The Morgan fingerprint density at radius 1 is 1.12 bits per heavy atom. The Labute approximate surface area is 230 Å². The van der Waals surface area contributed by atoms with E-state index in [1.165, 1.54) is 4.90 Å². The second-order valence-corrected chi connectivity index (χ2v) is 10.6. The maximum Gasteiger partial charge on any atom is 0.260 e. The molecule has 8 nitrogen and oxygen atoms in total. The van der Waals surface area contributed by atoms with E-state index in [4.69, 9.17) is 0 Å². The molecule has 0 fully saturated rings. The molecule has 0 saturated heterocycles. The van der Waals surface area contributed by atoms with Gasteiger partial charge in [-0.3, -0.25) is 19.1 Å². The van der Waals surface area contributed by atoms with Gasteiger partial charge in [-0.25, -0.2) is 13.8 Å². The summed E-state index contributed by atoms with van der Waals surface area (Å²) in [5.74, 6) is -1.90. The Morgan fingerprint density at radius 2 is 1.90 bits per heavy atom. The number of fused-ring (bicyclic) bond motifs is 2. The summed E-state index contributed by atoms with van der Waals surface area (Å²) < 4.78 is 33.5. The van der Waals surface area contributed by atoms with Crippen molar-refractivity contribution in [2.24, 2.45) is 7.05 Å². The summed E-state index contributed by atoms with van der Waals surface area (Å²) in [6, 6.07) is 8.08. The summed E-state index contributed by atoms with van der Waals surface area (Å²) in [4.78, 5) is 33.4. The number of nitrogens with one attached hydrogen (secondary N) is 1. The highest BCUT2D eigenvalue weighted by molar-refractivity contribution is 5.94. The average molecular weight is 545 g/mol. The maximum absolute atomic E-state index is 14.9. The van der Waals surface area contributed by atoms with E-state index in [0.29, 0.717) is 38.0 Å². The van der Waals surface area contributed by atoms with Gasteiger partial charge < -0.3 is 14.8 Å². The lowest BCUT2D eigenvalue weighted by molar-refractivity contribution is 0.0826. The highest BCUT2D eigenvalue weighted by atomic mass is 19.1. The minimum Gasteiger partial charge on any atom is -0.384 e. The fraction of sp³-hybridized carbons (Fsp3) is 0.300. The van der Waals surface area contributed by atoms with Crippen molar-refractivity contribution in [3.63, 3.8) is 0 Å². The molecule has 10 heteroatoms. The monoisotopic (exact) mass is 544 g/mol. The third kappa shape index (κ3) is 4.38. The molecule has 4 aromatic rings. The Balaban J connectivity index is 1.25. The molecular formula is C30H30F2N6O2. The number of carbonyl (C=O) groups excluding carboxylic acids is 1. The number of nitrogens with zero attached hydrogens (tertiary/aromatic N) is 5. The number of aromatic nitrogens is 3. The summed E-state index contributed by atoms with van der Waals surface area (Å²) in [7, 11) is 5.04. The first-order chi connectivity index (χ1) is 19.2. The van der Waals surface area contributed by atoms with Crippen molar-refractivity contribution in [1.29, 1.82) is 0 Å². The van der Waals surface area contributed by atoms with Crippen LogP contribution in [-0.2, 0) is 20.0 Å². The number of hydrogen-bond donors (Lipinski definition) is 1. The van der Waals surface area contributed by atoms with Crippen molar-refractivity contribution >= 4 is 28.2 Å². The normalized spacial score (nSPS) is 15.2. The highest BCUT2D eigenvalue weighted by Gasteiger charge is 2.23. The lowest BCUT2D eigenvalue weighted by Crippen LogP contribution is -2.29. The zero-order valence-corrected chi connectivity index (χ0v) is 22.7. The molecule has 2 aliphatic rings. The second kappa shape index (κ2) is 10.0. The first-order valence-corrected chi connectivity index (χ1v) is 13.3. The van der Waals surface area contributed by atoms with E-state index in [0.717, 1.165) is 52.3 Å². The summed E-state index contributed by atoms with van der Waals surface area (Å²) in [5.41, 5.74) is 4.78. The van der Waals surface area contributed by atoms with Gasteiger partial charge in [-0.1, -0.05) is 6.08 Å². The van der Waals surface area contributed by atoms with Crippen molar-refractivity contribution in [2.45, 2.75) is 19.4 Å². The van der Waals surface area contributed by atoms with Gasteiger partial charge in [0.2, 0.25) is 0 Å². The zero-order chi connectivity index (χ0) is 28.1. The number of amides is 1. The number of hydrogen-bond acceptors (Lipinski definition) is 5. The number of halogens is 2. The van der Waals surface area contributed by atoms with Crippen molar-refractivity contribution in [3.05, 3.63) is 93.2 Å². The summed E-state index contributed by atoms with van der Waals surface area (Å²) in [6.07, 6.45) is 6.55. The van der Waals surface area contributed by atoms with E-state index in [2.05, 4.69) is 21.3 Å². The predicted octanol–water partition coefficient (Wildman–Crippen LogP) is 3.96. The molecule has 40 heavy (non-hydrogen) atoms. The van der Waals surface area contributed by atoms with Gasteiger partial charge in [-0.05, 0) is 48.7 Å². The van der Waals surface area contributed by atoms with Crippen LogP contribution in [-0.4, -0.2) is 63.6 Å². The predicted molar refractivity (Wildman–Crippen MR) is 151 cm³/mol. The van der Waals surface area contributed by atoms with Crippen molar-refractivity contribution in [3.8, 4) is 5.69 Å². The van der Waals surface area contributed by atoms with Gasteiger partial charge in [0.15, 0.2) is 0 Å². The van der Waals surface area contributed by atoms with Crippen LogP contribution in [0.2, 0.25) is 0 Å². The van der Waals surface area contributed by atoms with Crippen LogP contribution < -0.4 is 10.9 Å². The summed E-state index contributed by atoms with van der Waals surface area (Å²) in [5, 5.41) is 4.14. The number of pyridine rings is 2. The fourth-order valence-electron chi connectivity index (χ4n) is 5.69. The van der Waals surface area contributed by atoms with E-state index < -0.39 is 17.5 Å². The van der Waals surface area contributed by atoms with E-state index in [-0.39, 0.29) is 16.7 Å². The fourth-order valence-corrected chi connectivity index (χ4v) is 5.69. The van der Waals surface area contributed by atoms with Crippen molar-refractivity contribution in [1.82, 2.24) is 23.9 Å². The second-order valence-electron chi connectivity index (χ2n) is 10.6. The standard InChI is InChI=1S/C30H30F2N6O2/c1-35(2)29(39)19-14-23(31)27(24(32)15-19)18-6-11-37(12-7-18)17-20-16-22-26(5-10-34-28(22)36(20)3)38-13-8-25-21(30(38)40)4-9-33-25/h5-6,8,10,13-16,33H,4,7,9,11-12,17H2,1-3H3. The SMILES string of the molecule is CN(C)C(=O)c1cc(F)c(C2=CCN(Cc3cc4c(-n5ccc6c(c5=O)CCN6)ccnc4n3C)CC2)c(F)c1. The molecule has 0 bridgehead atoms. The van der Waals surface area contributed by atoms with E-state index >= 15 is 0 Å². The van der Waals surface area contributed by atoms with Crippen LogP contribution in [0.3, 0.4) is 0 Å².